The van der Waals surface area contributed by atoms with Crippen LogP contribution in [0, 0.1) is 5.92 Å². The minimum absolute atomic E-state index is 0.135. The molecule has 2 rings (SSSR count). The number of hydrogen-bond donors (Lipinski definition) is 2. The summed E-state index contributed by atoms with van der Waals surface area (Å²) in [5, 5.41) is 12.3. The highest BCUT2D eigenvalue weighted by atomic mass is 16.3. The first kappa shape index (κ1) is 11.6. The summed E-state index contributed by atoms with van der Waals surface area (Å²) in [7, 11) is 1.85. The van der Waals surface area contributed by atoms with E-state index in [2.05, 4.69) is 5.32 Å². The van der Waals surface area contributed by atoms with Crippen LogP contribution in [0.4, 0.5) is 0 Å². The van der Waals surface area contributed by atoms with E-state index in [-0.39, 0.29) is 12.0 Å². The van der Waals surface area contributed by atoms with E-state index in [1.54, 1.807) is 4.90 Å². The molecule has 0 aromatic carbocycles. The van der Waals surface area contributed by atoms with Gasteiger partial charge in [-0.2, -0.15) is 0 Å². The predicted molar refractivity (Wildman–Crippen MR) is 61.9 cm³/mol. The number of carbonyl (C=O) groups excluding carboxylic acids is 1. The van der Waals surface area contributed by atoms with Crippen LogP contribution in [0.15, 0.2) is 11.1 Å². The van der Waals surface area contributed by atoms with Crippen molar-refractivity contribution in [3.05, 3.63) is 11.1 Å². The highest BCUT2D eigenvalue weighted by Gasteiger charge is 2.29. The summed E-state index contributed by atoms with van der Waals surface area (Å²) in [5.41, 5.74) is 2.12. The van der Waals surface area contributed by atoms with Gasteiger partial charge in [0, 0.05) is 32.3 Å². The Morgan fingerprint density at radius 3 is 2.56 bits per heavy atom. The summed E-state index contributed by atoms with van der Waals surface area (Å²) in [6, 6.07) is 0. The standard InChI is InChI=1S/C12H20N2O2/c1-8(10-5-13-6-10)12(16)14(2)7-9-3-11(15)4-9/h9,11,13,15H,3-7H2,1-2H3. The first-order valence-corrected chi connectivity index (χ1v) is 5.90. The molecule has 90 valence electrons. The molecule has 1 amide bonds. The third-order valence-electron chi connectivity index (χ3n) is 3.62. The minimum Gasteiger partial charge on any atom is -0.393 e. The van der Waals surface area contributed by atoms with E-state index in [1.807, 2.05) is 14.0 Å². The molecule has 4 nitrogen and oxygen atoms in total. The Kier molecular flexibility index (Phi) is 3.30. The van der Waals surface area contributed by atoms with Crippen LogP contribution in [-0.4, -0.2) is 48.7 Å². The van der Waals surface area contributed by atoms with Gasteiger partial charge in [-0.1, -0.05) is 0 Å². The number of aliphatic hydroxyl groups excluding tert-OH is 1. The summed E-state index contributed by atoms with van der Waals surface area (Å²) in [4.78, 5) is 13.8. The van der Waals surface area contributed by atoms with Gasteiger partial charge in [0.15, 0.2) is 0 Å². The molecule has 1 aliphatic heterocycles. The van der Waals surface area contributed by atoms with Gasteiger partial charge >= 0.3 is 0 Å². The lowest BCUT2D eigenvalue weighted by atomic mass is 9.82. The Labute approximate surface area is 96.3 Å². The van der Waals surface area contributed by atoms with Gasteiger partial charge in [0.1, 0.15) is 0 Å². The van der Waals surface area contributed by atoms with Crippen LogP contribution in [0.3, 0.4) is 0 Å². The Morgan fingerprint density at radius 2 is 2.12 bits per heavy atom. The molecule has 0 spiro atoms. The molecule has 0 radical (unpaired) electrons. The van der Waals surface area contributed by atoms with Crippen molar-refractivity contribution >= 4 is 5.91 Å². The van der Waals surface area contributed by atoms with E-state index < -0.39 is 0 Å². The second kappa shape index (κ2) is 4.55. The number of aliphatic hydroxyl groups is 1. The quantitative estimate of drug-likeness (QED) is 0.670. The molecule has 0 unspecified atom stereocenters. The third-order valence-corrected chi connectivity index (χ3v) is 3.62. The second-order valence-corrected chi connectivity index (χ2v) is 5.01. The van der Waals surface area contributed by atoms with Crippen molar-refractivity contribution in [3.8, 4) is 0 Å². The normalized spacial score (nSPS) is 28.1. The van der Waals surface area contributed by atoms with E-state index in [0.717, 1.165) is 38.0 Å². The third kappa shape index (κ3) is 2.28. The molecular formula is C12H20N2O2. The Balaban J connectivity index is 1.84. The molecule has 1 aliphatic carbocycles. The molecule has 0 aromatic heterocycles. The van der Waals surface area contributed by atoms with Crippen molar-refractivity contribution in [2.24, 2.45) is 5.92 Å². The highest BCUT2D eigenvalue weighted by molar-refractivity contribution is 5.93. The number of likely N-dealkylation sites (N-methyl/N-ethyl adjacent to an activating group) is 1. The van der Waals surface area contributed by atoms with Crippen LogP contribution >= 0.6 is 0 Å². The first-order chi connectivity index (χ1) is 7.58. The lowest BCUT2D eigenvalue weighted by Gasteiger charge is -2.35. The van der Waals surface area contributed by atoms with Gasteiger partial charge < -0.3 is 15.3 Å². The molecule has 1 heterocycles. The van der Waals surface area contributed by atoms with Gasteiger partial charge in [0.2, 0.25) is 5.91 Å². The van der Waals surface area contributed by atoms with E-state index in [0.29, 0.717) is 5.92 Å². The minimum atomic E-state index is -0.135. The molecule has 4 heteroatoms. The highest BCUT2D eigenvalue weighted by Crippen LogP contribution is 2.28. The van der Waals surface area contributed by atoms with Crippen molar-refractivity contribution < 1.29 is 9.90 Å². The SMILES string of the molecule is CC(C(=O)N(C)CC1CC(O)C1)=C1CNC1. The molecule has 16 heavy (non-hydrogen) atoms. The Hall–Kier alpha value is -0.870. The number of amides is 1. The van der Waals surface area contributed by atoms with Crippen molar-refractivity contribution in [1.82, 2.24) is 10.2 Å². The summed E-state index contributed by atoms with van der Waals surface area (Å²) in [6.07, 6.45) is 1.55. The van der Waals surface area contributed by atoms with Crippen molar-refractivity contribution in [1.29, 1.82) is 0 Å². The zero-order valence-electron chi connectivity index (χ0n) is 9.99. The smallest absolute Gasteiger partial charge is 0.249 e. The van der Waals surface area contributed by atoms with E-state index in [1.165, 1.54) is 5.57 Å². The molecule has 0 atom stereocenters. The average molecular weight is 224 g/mol. The molecule has 1 saturated heterocycles. The monoisotopic (exact) mass is 224 g/mol. The van der Waals surface area contributed by atoms with Crippen LogP contribution in [-0.2, 0) is 4.79 Å². The van der Waals surface area contributed by atoms with Crippen LogP contribution in [0.2, 0.25) is 0 Å². The molecule has 2 aliphatic rings. The van der Waals surface area contributed by atoms with Gasteiger partial charge in [0.25, 0.3) is 0 Å². The molecule has 2 fully saturated rings. The molecule has 2 N–H and O–H groups in total. The topological polar surface area (TPSA) is 52.6 Å². The lowest BCUT2D eigenvalue weighted by Crippen LogP contribution is -2.42. The number of carbonyl (C=O) groups is 1. The number of rotatable bonds is 3. The number of nitrogens with one attached hydrogen (secondary N) is 1. The fourth-order valence-corrected chi connectivity index (χ4v) is 2.27. The zero-order valence-corrected chi connectivity index (χ0v) is 9.99. The average Bonchev–Trinajstić information content (AvgIpc) is 2.11. The maximum atomic E-state index is 12.0. The van der Waals surface area contributed by atoms with Crippen LogP contribution in [0.25, 0.3) is 0 Å². The van der Waals surface area contributed by atoms with Crippen molar-refractivity contribution in [3.63, 3.8) is 0 Å². The van der Waals surface area contributed by atoms with Gasteiger partial charge in [-0.25, -0.2) is 0 Å². The Morgan fingerprint density at radius 1 is 1.50 bits per heavy atom. The first-order valence-electron chi connectivity index (χ1n) is 5.90. The van der Waals surface area contributed by atoms with E-state index in [9.17, 15) is 9.90 Å². The second-order valence-electron chi connectivity index (χ2n) is 5.01. The maximum absolute atomic E-state index is 12.0. The van der Waals surface area contributed by atoms with Crippen LogP contribution < -0.4 is 5.32 Å². The maximum Gasteiger partial charge on any atom is 0.249 e. The summed E-state index contributed by atoms with van der Waals surface area (Å²) in [6.45, 7) is 4.39. The molecular weight excluding hydrogens is 204 g/mol. The fourth-order valence-electron chi connectivity index (χ4n) is 2.27. The van der Waals surface area contributed by atoms with E-state index >= 15 is 0 Å². The van der Waals surface area contributed by atoms with Gasteiger partial charge in [-0.3, -0.25) is 4.79 Å². The summed E-state index contributed by atoms with van der Waals surface area (Å²) in [5.74, 6) is 0.624. The zero-order chi connectivity index (χ0) is 11.7. The summed E-state index contributed by atoms with van der Waals surface area (Å²) >= 11 is 0. The van der Waals surface area contributed by atoms with Gasteiger partial charge in [-0.15, -0.1) is 0 Å². The lowest BCUT2D eigenvalue weighted by molar-refractivity contribution is -0.127. The van der Waals surface area contributed by atoms with Gasteiger partial charge in [-0.05, 0) is 31.3 Å². The Bertz CT molecular complexity index is 313. The predicted octanol–water partition coefficient (Wildman–Crippen LogP) is 0.135. The van der Waals surface area contributed by atoms with Gasteiger partial charge in [0.05, 0.1) is 6.10 Å². The van der Waals surface area contributed by atoms with Crippen LogP contribution in [0.1, 0.15) is 19.8 Å². The van der Waals surface area contributed by atoms with Crippen molar-refractivity contribution in [2.75, 3.05) is 26.7 Å². The van der Waals surface area contributed by atoms with E-state index in [4.69, 9.17) is 0 Å². The molecule has 0 bridgehead atoms. The van der Waals surface area contributed by atoms with Crippen LogP contribution in [0.5, 0.6) is 0 Å². The number of hydrogen-bond acceptors (Lipinski definition) is 3. The molecule has 1 saturated carbocycles. The largest absolute Gasteiger partial charge is 0.393 e. The number of nitrogens with zero attached hydrogens (tertiary/aromatic N) is 1. The fraction of sp³-hybridized carbons (Fsp3) is 0.750. The molecule has 0 aromatic rings. The summed E-state index contributed by atoms with van der Waals surface area (Å²) < 4.78 is 0. The van der Waals surface area contributed by atoms with Crippen molar-refractivity contribution in [2.45, 2.75) is 25.9 Å².